The first-order valence-electron chi connectivity index (χ1n) is 3.89. The van der Waals surface area contributed by atoms with Crippen molar-refractivity contribution in [1.29, 1.82) is 0 Å². The predicted molar refractivity (Wildman–Crippen MR) is 61.2 cm³/mol. The first kappa shape index (κ1) is 9.03. The van der Waals surface area contributed by atoms with Gasteiger partial charge in [0.2, 0.25) is 0 Å². The van der Waals surface area contributed by atoms with E-state index in [0.717, 1.165) is 9.99 Å². The number of halogens is 1. The third kappa shape index (κ3) is 1.86. The topological polar surface area (TPSA) is 12.9 Å². The Morgan fingerprint density at radius 1 is 1.31 bits per heavy atom. The lowest BCUT2D eigenvalue weighted by atomic mass is 10.2. The molecule has 0 fully saturated rings. The van der Waals surface area contributed by atoms with E-state index in [1.807, 2.05) is 18.3 Å². The van der Waals surface area contributed by atoms with Crippen LogP contribution in [0.5, 0.6) is 0 Å². The van der Waals surface area contributed by atoms with Crippen LogP contribution in [0, 0.1) is 0 Å². The molecule has 2 rings (SSSR count). The van der Waals surface area contributed by atoms with Gasteiger partial charge in [0.1, 0.15) is 0 Å². The van der Waals surface area contributed by atoms with Gasteiger partial charge >= 0.3 is 0 Å². The number of nitrogens with zero attached hydrogens (tertiary/aromatic N) is 1. The molecule has 2 aromatic rings. The van der Waals surface area contributed by atoms with E-state index in [1.165, 1.54) is 10.3 Å². The smallest absolute Gasteiger partial charge is 0.0703 e. The summed E-state index contributed by atoms with van der Waals surface area (Å²) in [5, 5.41) is 1.18. The summed E-state index contributed by atoms with van der Waals surface area (Å²) < 4.78 is 1.10. The molecule has 0 aliphatic rings. The van der Waals surface area contributed by atoms with E-state index in [9.17, 15) is 0 Å². The summed E-state index contributed by atoms with van der Waals surface area (Å²) >= 11 is 5.16. The molecule has 1 heterocycles. The third-order valence-corrected chi connectivity index (χ3v) is 3.04. The van der Waals surface area contributed by atoms with Crippen LogP contribution in [-0.4, -0.2) is 11.2 Å². The molecule has 0 saturated carbocycles. The average Bonchev–Trinajstić information content (AvgIpc) is 2.16. The number of fused-ring (bicyclic) bond motifs is 1. The molecule has 1 nitrogen and oxygen atoms in total. The summed E-state index contributed by atoms with van der Waals surface area (Å²) in [6.45, 7) is 0. The molecule has 1 aromatic carbocycles. The van der Waals surface area contributed by atoms with Gasteiger partial charge in [0.05, 0.1) is 5.52 Å². The van der Waals surface area contributed by atoms with Crippen molar-refractivity contribution in [2.45, 2.75) is 4.90 Å². The van der Waals surface area contributed by atoms with Crippen LogP contribution < -0.4 is 0 Å². The molecular weight excluding hydrogens is 246 g/mol. The highest BCUT2D eigenvalue weighted by molar-refractivity contribution is 9.10. The molecule has 13 heavy (non-hydrogen) atoms. The Labute approximate surface area is 89.7 Å². The van der Waals surface area contributed by atoms with Crippen molar-refractivity contribution in [3.8, 4) is 0 Å². The number of hydrogen-bond donors (Lipinski definition) is 0. The van der Waals surface area contributed by atoms with Gasteiger partial charge in [-0.25, -0.2) is 0 Å². The summed E-state index contributed by atoms with van der Waals surface area (Å²) in [5.74, 6) is 0. The quantitative estimate of drug-likeness (QED) is 0.719. The maximum absolute atomic E-state index is 4.35. The van der Waals surface area contributed by atoms with E-state index < -0.39 is 0 Å². The van der Waals surface area contributed by atoms with Crippen molar-refractivity contribution in [3.63, 3.8) is 0 Å². The highest BCUT2D eigenvalue weighted by Crippen LogP contribution is 2.22. The van der Waals surface area contributed by atoms with Gasteiger partial charge in [0.25, 0.3) is 0 Å². The molecule has 0 atom stereocenters. The monoisotopic (exact) mass is 253 g/mol. The van der Waals surface area contributed by atoms with Crippen molar-refractivity contribution < 1.29 is 0 Å². The van der Waals surface area contributed by atoms with E-state index in [2.05, 4.69) is 39.3 Å². The van der Waals surface area contributed by atoms with Gasteiger partial charge in [0, 0.05) is 21.0 Å². The Hall–Kier alpha value is -0.540. The summed E-state index contributed by atoms with van der Waals surface area (Å²) in [4.78, 5) is 5.55. The molecule has 0 unspecified atom stereocenters. The molecular formula is C10H8BrNS. The molecule has 0 aliphatic carbocycles. The van der Waals surface area contributed by atoms with Crippen LogP contribution in [0.4, 0.5) is 0 Å². The van der Waals surface area contributed by atoms with Gasteiger partial charge in [-0.1, -0.05) is 15.9 Å². The minimum atomic E-state index is 1.04. The van der Waals surface area contributed by atoms with Crippen molar-refractivity contribution >= 4 is 38.6 Å². The highest BCUT2D eigenvalue weighted by atomic mass is 79.9. The van der Waals surface area contributed by atoms with Crippen LogP contribution in [0.1, 0.15) is 0 Å². The normalized spacial score (nSPS) is 10.6. The minimum Gasteiger partial charge on any atom is -0.255 e. The Morgan fingerprint density at radius 3 is 2.92 bits per heavy atom. The van der Waals surface area contributed by atoms with Gasteiger partial charge in [-0.05, 0) is 30.5 Å². The van der Waals surface area contributed by atoms with Crippen LogP contribution in [-0.2, 0) is 0 Å². The second-order valence-corrected chi connectivity index (χ2v) is 4.51. The maximum Gasteiger partial charge on any atom is 0.0703 e. The molecule has 0 bridgehead atoms. The van der Waals surface area contributed by atoms with E-state index >= 15 is 0 Å². The molecule has 1 aromatic heterocycles. The molecule has 66 valence electrons. The minimum absolute atomic E-state index is 1.04. The van der Waals surface area contributed by atoms with E-state index in [-0.39, 0.29) is 0 Å². The number of thioether (sulfide) groups is 1. The second-order valence-electron chi connectivity index (χ2n) is 2.71. The van der Waals surface area contributed by atoms with Crippen LogP contribution in [0.25, 0.3) is 10.9 Å². The zero-order chi connectivity index (χ0) is 9.26. The van der Waals surface area contributed by atoms with Crippen LogP contribution >= 0.6 is 27.7 Å². The number of hydrogen-bond acceptors (Lipinski definition) is 2. The summed E-state index contributed by atoms with van der Waals surface area (Å²) in [5.41, 5.74) is 1.04. The van der Waals surface area contributed by atoms with Gasteiger partial charge in [-0.15, -0.1) is 11.8 Å². The Morgan fingerprint density at radius 2 is 2.15 bits per heavy atom. The molecule has 0 radical (unpaired) electrons. The molecule has 3 heteroatoms. The number of rotatable bonds is 1. The Bertz CT molecular complexity index is 442. The Kier molecular flexibility index (Phi) is 2.56. The number of benzene rings is 1. The van der Waals surface area contributed by atoms with Gasteiger partial charge in [0.15, 0.2) is 0 Å². The van der Waals surface area contributed by atoms with Crippen molar-refractivity contribution in [2.75, 3.05) is 6.26 Å². The fourth-order valence-corrected chi connectivity index (χ4v) is 1.98. The molecule has 0 N–H and O–H groups in total. The van der Waals surface area contributed by atoms with Crippen LogP contribution in [0.3, 0.4) is 0 Å². The average molecular weight is 254 g/mol. The highest BCUT2D eigenvalue weighted by Gasteiger charge is 1.97. The van der Waals surface area contributed by atoms with E-state index in [0.29, 0.717) is 0 Å². The van der Waals surface area contributed by atoms with E-state index in [4.69, 9.17) is 0 Å². The lowest BCUT2D eigenvalue weighted by Gasteiger charge is -2.00. The second kappa shape index (κ2) is 3.68. The number of aromatic nitrogens is 1. The predicted octanol–water partition coefficient (Wildman–Crippen LogP) is 3.72. The molecule has 0 saturated heterocycles. The molecule has 0 spiro atoms. The summed E-state index contributed by atoms with van der Waals surface area (Å²) in [6.07, 6.45) is 3.96. The van der Waals surface area contributed by atoms with Crippen molar-refractivity contribution in [2.24, 2.45) is 0 Å². The summed E-state index contributed by atoms with van der Waals surface area (Å²) in [6, 6.07) is 8.26. The number of pyridine rings is 1. The standard InChI is InChI=1S/C10H8BrNS/c1-13-9-5-7-4-8(11)2-3-10(7)12-6-9/h2-6H,1H3. The fourth-order valence-electron chi connectivity index (χ4n) is 1.19. The zero-order valence-corrected chi connectivity index (χ0v) is 9.52. The molecule has 0 aliphatic heterocycles. The first-order chi connectivity index (χ1) is 6.29. The third-order valence-electron chi connectivity index (χ3n) is 1.85. The summed E-state index contributed by atoms with van der Waals surface area (Å²) in [7, 11) is 0. The van der Waals surface area contributed by atoms with Crippen LogP contribution in [0.2, 0.25) is 0 Å². The van der Waals surface area contributed by atoms with Gasteiger partial charge in [-0.2, -0.15) is 0 Å². The first-order valence-corrected chi connectivity index (χ1v) is 5.90. The Balaban J connectivity index is 2.68. The van der Waals surface area contributed by atoms with E-state index in [1.54, 1.807) is 11.8 Å². The largest absolute Gasteiger partial charge is 0.255 e. The zero-order valence-electron chi connectivity index (χ0n) is 7.12. The SMILES string of the molecule is CSc1cnc2ccc(Br)cc2c1. The lowest BCUT2D eigenvalue weighted by molar-refractivity contribution is 1.31. The van der Waals surface area contributed by atoms with Gasteiger partial charge < -0.3 is 0 Å². The van der Waals surface area contributed by atoms with Gasteiger partial charge in [-0.3, -0.25) is 4.98 Å². The maximum atomic E-state index is 4.35. The van der Waals surface area contributed by atoms with Crippen molar-refractivity contribution in [1.82, 2.24) is 4.98 Å². The van der Waals surface area contributed by atoms with Crippen molar-refractivity contribution in [3.05, 3.63) is 34.9 Å². The fraction of sp³-hybridized carbons (Fsp3) is 0.100. The van der Waals surface area contributed by atoms with Crippen LogP contribution in [0.15, 0.2) is 39.8 Å². The molecule has 0 amide bonds. The lowest BCUT2D eigenvalue weighted by Crippen LogP contribution is -1.79.